The van der Waals surface area contributed by atoms with E-state index in [0.717, 1.165) is 55.3 Å². The molecule has 1 atom stereocenters. The van der Waals surface area contributed by atoms with Crippen LogP contribution in [0, 0.1) is 11.8 Å². The summed E-state index contributed by atoms with van der Waals surface area (Å²) in [4.78, 5) is 26.1. The molecule has 0 aromatic carbocycles. The normalized spacial score (nSPS) is 23.0. The van der Waals surface area contributed by atoms with Crippen molar-refractivity contribution >= 4 is 21.8 Å². The molecule has 6 heteroatoms. The Bertz CT molecular complexity index is 587. The first-order valence-electron chi connectivity index (χ1n) is 7.98. The van der Waals surface area contributed by atoms with Gasteiger partial charge in [0.1, 0.15) is 6.54 Å². The topological polar surface area (TPSA) is 54.3 Å². The van der Waals surface area contributed by atoms with Crippen molar-refractivity contribution in [2.75, 3.05) is 26.2 Å². The smallest absolute Gasteiger partial charge is 0.251 e. The Morgan fingerprint density at radius 1 is 1.23 bits per heavy atom. The number of pyridine rings is 1. The van der Waals surface area contributed by atoms with Crippen molar-refractivity contribution in [2.24, 2.45) is 11.8 Å². The molecule has 120 valence electrons. The van der Waals surface area contributed by atoms with Gasteiger partial charge in [-0.3, -0.25) is 9.59 Å². The third-order valence-corrected chi connectivity index (χ3v) is 5.38. The Morgan fingerprint density at radius 2 is 2.00 bits per heavy atom. The zero-order valence-electron chi connectivity index (χ0n) is 12.6. The predicted octanol–water partition coefficient (Wildman–Crippen LogP) is 1.46. The molecule has 22 heavy (non-hydrogen) atoms. The van der Waals surface area contributed by atoms with Crippen molar-refractivity contribution < 1.29 is 4.79 Å². The zero-order valence-corrected chi connectivity index (χ0v) is 14.2. The summed E-state index contributed by atoms with van der Waals surface area (Å²) in [6.45, 7) is 4.04. The van der Waals surface area contributed by atoms with Crippen LogP contribution in [0.3, 0.4) is 0 Å². The van der Waals surface area contributed by atoms with Crippen LogP contribution in [0.5, 0.6) is 0 Å². The van der Waals surface area contributed by atoms with Crippen LogP contribution in [0.2, 0.25) is 0 Å². The molecule has 3 heterocycles. The second-order valence-electron chi connectivity index (χ2n) is 6.28. The predicted molar refractivity (Wildman–Crippen MR) is 88.7 cm³/mol. The van der Waals surface area contributed by atoms with Crippen LogP contribution < -0.4 is 10.9 Å². The molecule has 0 aliphatic carbocycles. The van der Waals surface area contributed by atoms with Gasteiger partial charge in [0.2, 0.25) is 5.91 Å². The molecule has 2 fully saturated rings. The molecule has 1 unspecified atom stereocenters. The fourth-order valence-corrected chi connectivity index (χ4v) is 3.95. The molecule has 3 rings (SSSR count). The van der Waals surface area contributed by atoms with Gasteiger partial charge in [-0.2, -0.15) is 0 Å². The van der Waals surface area contributed by atoms with Gasteiger partial charge in [-0.25, -0.2) is 0 Å². The molecule has 5 nitrogen and oxygen atoms in total. The second-order valence-corrected chi connectivity index (χ2v) is 7.20. The first-order chi connectivity index (χ1) is 10.6. The third kappa shape index (κ3) is 3.60. The number of likely N-dealkylation sites (tertiary alicyclic amines) is 1. The summed E-state index contributed by atoms with van der Waals surface area (Å²) in [5.41, 5.74) is -0.136. The third-order valence-electron chi connectivity index (χ3n) is 4.91. The maximum absolute atomic E-state index is 12.4. The summed E-state index contributed by atoms with van der Waals surface area (Å²) >= 11 is 3.34. The number of halogens is 1. The summed E-state index contributed by atoms with van der Waals surface area (Å²) < 4.78 is 2.28. The highest BCUT2D eigenvalue weighted by Gasteiger charge is 2.29. The molecule has 2 aliphatic heterocycles. The molecule has 2 aliphatic rings. The first kappa shape index (κ1) is 15.7. The van der Waals surface area contributed by atoms with E-state index in [1.165, 1.54) is 17.1 Å². The SMILES string of the molecule is O=C(Cn1cc(Br)ccc1=O)N1CCC(C2CCNC2)CC1. The van der Waals surface area contributed by atoms with Crippen LogP contribution >= 0.6 is 15.9 Å². The summed E-state index contributed by atoms with van der Waals surface area (Å²) in [6.07, 6.45) is 5.13. The lowest BCUT2D eigenvalue weighted by atomic mass is 9.84. The van der Waals surface area contributed by atoms with Crippen molar-refractivity contribution in [2.45, 2.75) is 25.8 Å². The van der Waals surface area contributed by atoms with E-state index in [-0.39, 0.29) is 18.0 Å². The minimum Gasteiger partial charge on any atom is -0.341 e. The van der Waals surface area contributed by atoms with Crippen molar-refractivity contribution in [3.63, 3.8) is 0 Å². The largest absolute Gasteiger partial charge is 0.341 e. The summed E-state index contributed by atoms with van der Waals surface area (Å²) in [6, 6.07) is 3.18. The quantitative estimate of drug-likeness (QED) is 0.879. The van der Waals surface area contributed by atoms with Gasteiger partial charge >= 0.3 is 0 Å². The number of nitrogens with one attached hydrogen (secondary N) is 1. The maximum atomic E-state index is 12.4. The Labute approximate surface area is 138 Å². The number of carbonyl (C=O) groups excluding carboxylic acids is 1. The Kier molecular flexibility index (Phi) is 4.98. The fraction of sp³-hybridized carbons (Fsp3) is 0.625. The number of rotatable bonds is 3. The standard InChI is InChI=1S/C16H22BrN3O2/c17-14-1-2-15(21)20(10-14)11-16(22)19-7-4-12(5-8-19)13-3-6-18-9-13/h1-2,10,12-13,18H,3-9,11H2. The minimum atomic E-state index is -0.136. The molecule has 1 aromatic heterocycles. The molecule has 1 N–H and O–H groups in total. The van der Waals surface area contributed by atoms with Crippen LogP contribution in [0.25, 0.3) is 0 Å². The number of hydrogen-bond acceptors (Lipinski definition) is 3. The Hall–Kier alpha value is -1.14. The van der Waals surface area contributed by atoms with Crippen molar-refractivity contribution in [1.29, 1.82) is 0 Å². The zero-order chi connectivity index (χ0) is 15.5. The van der Waals surface area contributed by atoms with Crippen LogP contribution in [0.4, 0.5) is 0 Å². The Morgan fingerprint density at radius 3 is 2.68 bits per heavy atom. The molecule has 0 saturated carbocycles. The van der Waals surface area contributed by atoms with Gasteiger partial charge in [-0.05, 0) is 66.2 Å². The van der Waals surface area contributed by atoms with Crippen molar-refractivity contribution in [1.82, 2.24) is 14.8 Å². The Balaban J connectivity index is 1.55. The van der Waals surface area contributed by atoms with Gasteiger partial charge in [-0.15, -0.1) is 0 Å². The monoisotopic (exact) mass is 367 g/mol. The van der Waals surface area contributed by atoms with Gasteiger partial charge in [0, 0.05) is 29.8 Å². The molecule has 0 radical (unpaired) electrons. The van der Waals surface area contributed by atoms with E-state index in [1.807, 2.05) is 4.90 Å². The molecular formula is C16H22BrN3O2. The van der Waals surface area contributed by atoms with Crippen LogP contribution in [0.15, 0.2) is 27.6 Å². The lowest BCUT2D eigenvalue weighted by Gasteiger charge is -2.34. The van der Waals surface area contributed by atoms with Crippen LogP contribution in [0.1, 0.15) is 19.3 Å². The first-order valence-corrected chi connectivity index (χ1v) is 8.77. The van der Waals surface area contributed by atoms with Crippen molar-refractivity contribution in [3.05, 3.63) is 33.2 Å². The van der Waals surface area contributed by atoms with Crippen LogP contribution in [-0.2, 0) is 11.3 Å². The number of hydrogen-bond donors (Lipinski definition) is 1. The summed E-state index contributed by atoms with van der Waals surface area (Å²) in [7, 11) is 0. The minimum absolute atomic E-state index is 0.0446. The van der Waals surface area contributed by atoms with E-state index in [0.29, 0.717) is 0 Å². The number of carbonyl (C=O) groups is 1. The molecule has 1 aromatic rings. The number of aromatic nitrogens is 1. The lowest BCUT2D eigenvalue weighted by Crippen LogP contribution is -2.42. The number of nitrogens with zero attached hydrogens (tertiary/aromatic N) is 2. The van der Waals surface area contributed by atoms with Crippen LogP contribution in [-0.4, -0.2) is 41.6 Å². The van der Waals surface area contributed by atoms with E-state index in [1.54, 1.807) is 12.3 Å². The lowest BCUT2D eigenvalue weighted by molar-refractivity contribution is -0.133. The average molecular weight is 368 g/mol. The molecule has 0 spiro atoms. The second kappa shape index (κ2) is 6.96. The maximum Gasteiger partial charge on any atom is 0.251 e. The highest BCUT2D eigenvalue weighted by Crippen LogP contribution is 2.28. The van der Waals surface area contributed by atoms with Gasteiger partial charge in [0.15, 0.2) is 0 Å². The highest BCUT2D eigenvalue weighted by molar-refractivity contribution is 9.10. The van der Waals surface area contributed by atoms with E-state index < -0.39 is 0 Å². The average Bonchev–Trinajstić information content (AvgIpc) is 3.05. The molecular weight excluding hydrogens is 346 g/mol. The summed E-state index contributed by atoms with van der Waals surface area (Å²) in [5.74, 6) is 1.57. The fourth-order valence-electron chi connectivity index (χ4n) is 3.57. The van der Waals surface area contributed by atoms with Gasteiger partial charge in [0.25, 0.3) is 5.56 Å². The van der Waals surface area contributed by atoms with E-state index in [9.17, 15) is 9.59 Å². The van der Waals surface area contributed by atoms with E-state index >= 15 is 0 Å². The highest BCUT2D eigenvalue weighted by atomic mass is 79.9. The molecule has 2 saturated heterocycles. The van der Waals surface area contributed by atoms with Gasteiger partial charge in [-0.1, -0.05) is 0 Å². The molecule has 1 amide bonds. The number of amides is 1. The van der Waals surface area contributed by atoms with E-state index in [2.05, 4.69) is 21.2 Å². The number of piperidine rings is 1. The molecule has 0 bridgehead atoms. The van der Waals surface area contributed by atoms with E-state index in [4.69, 9.17) is 0 Å². The van der Waals surface area contributed by atoms with Gasteiger partial charge in [0.05, 0.1) is 0 Å². The van der Waals surface area contributed by atoms with Crippen molar-refractivity contribution in [3.8, 4) is 0 Å². The summed E-state index contributed by atoms with van der Waals surface area (Å²) in [5, 5.41) is 3.42. The van der Waals surface area contributed by atoms with Gasteiger partial charge < -0.3 is 14.8 Å².